The number of aromatic nitrogens is 2. The Labute approximate surface area is 172 Å². The number of hydrogen-bond acceptors (Lipinski definition) is 7. The van der Waals surface area contributed by atoms with Gasteiger partial charge in [0.2, 0.25) is 10.0 Å². The molecule has 2 amide bonds. The minimum atomic E-state index is -0.425. The standard InChI is InChI=1S/C20H21N5O3S/c1-25(2)15-8-4-13(5-9-15)12-21-17(26)19-23-24-20(29-19)18(27)22-14-6-10-16(28-3)11-7-14/h4-11H,12H2,1-3H3,(H,21,26)(H,22,27). The first-order valence-corrected chi connectivity index (χ1v) is 9.61. The molecule has 29 heavy (non-hydrogen) atoms. The van der Waals surface area contributed by atoms with Crippen LogP contribution < -0.4 is 20.3 Å². The Morgan fingerprint density at radius 2 is 1.59 bits per heavy atom. The van der Waals surface area contributed by atoms with Crippen LogP contribution in [0.25, 0.3) is 0 Å². The van der Waals surface area contributed by atoms with E-state index in [0.29, 0.717) is 18.0 Å². The summed E-state index contributed by atoms with van der Waals surface area (Å²) in [5.41, 5.74) is 2.64. The Hall–Kier alpha value is -3.46. The predicted octanol–water partition coefficient (Wildman–Crippen LogP) is 2.80. The number of hydrogen-bond donors (Lipinski definition) is 2. The molecular formula is C20H21N5O3S. The molecule has 0 saturated carbocycles. The van der Waals surface area contributed by atoms with E-state index < -0.39 is 5.91 Å². The monoisotopic (exact) mass is 411 g/mol. The number of rotatable bonds is 7. The molecular weight excluding hydrogens is 390 g/mol. The summed E-state index contributed by atoms with van der Waals surface area (Å²) in [4.78, 5) is 26.6. The zero-order valence-corrected chi connectivity index (χ0v) is 17.1. The maximum Gasteiger partial charge on any atom is 0.286 e. The number of nitrogens with one attached hydrogen (secondary N) is 2. The highest BCUT2D eigenvalue weighted by molar-refractivity contribution is 7.15. The van der Waals surface area contributed by atoms with Gasteiger partial charge in [0.25, 0.3) is 11.8 Å². The van der Waals surface area contributed by atoms with Crippen LogP contribution in [0.1, 0.15) is 25.2 Å². The first-order chi connectivity index (χ1) is 14.0. The third-order valence-corrected chi connectivity index (χ3v) is 4.99. The van der Waals surface area contributed by atoms with Crippen molar-refractivity contribution in [1.29, 1.82) is 0 Å². The van der Waals surface area contributed by atoms with Crippen molar-refractivity contribution in [3.63, 3.8) is 0 Å². The van der Waals surface area contributed by atoms with E-state index in [2.05, 4.69) is 20.8 Å². The van der Waals surface area contributed by atoms with Crippen molar-refractivity contribution in [3.8, 4) is 5.75 Å². The van der Waals surface area contributed by atoms with Crippen molar-refractivity contribution in [3.05, 3.63) is 64.1 Å². The third-order valence-electron chi connectivity index (χ3n) is 4.07. The topological polar surface area (TPSA) is 96.5 Å². The van der Waals surface area contributed by atoms with Gasteiger partial charge in [-0.1, -0.05) is 23.5 Å². The zero-order valence-electron chi connectivity index (χ0n) is 16.3. The van der Waals surface area contributed by atoms with E-state index in [1.54, 1.807) is 31.4 Å². The molecule has 0 saturated heterocycles. The quantitative estimate of drug-likeness (QED) is 0.621. The van der Waals surface area contributed by atoms with Crippen LogP contribution in [0.3, 0.4) is 0 Å². The Morgan fingerprint density at radius 3 is 2.17 bits per heavy atom. The number of carbonyl (C=O) groups is 2. The molecule has 2 N–H and O–H groups in total. The van der Waals surface area contributed by atoms with Crippen LogP contribution in [-0.2, 0) is 6.54 Å². The second kappa shape index (κ2) is 9.16. The smallest absolute Gasteiger partial charge is 0.286 e. The van der Waals surface area contributed by atoms with E-state index in [1.807, 2.05) is 43.3 Å². The average Bonchev–Trinajstić information content (AvgIpc) is 3.23. The lowest BCUT2D eigenvalue weighted by atomic mass is 10.2. The largest absolute Gasteiger partial charge is 0.497 e. The molecule has 1 aromatic heterocycles. The van der Waals surface area contributed by atoms with Gasteiger partial charge in [0.05, 0.1) is 7.11 Å². The zero-order chi connectivity index (χ0) is 20.8. The molecule has 9 heteroatoms. The van der Waals surface area contributed by atoms with Crippen LogP contribution in [0.2, 0.25) is 0 Å². The van der Waals surface area contributed by atoms with Gasteiger partial charge in [-0.15, -0.1) is 10.2 Å². The third kappa shape index (κ3) is 5.29. The molecule has 2 aromatic carbocycles. The minimum absolute atomic E-state index is 0.112. The summed E-state index contributed by atoms with van der Waals surface area (Å²) in [5, 5.41) is 13.4. The highest BCUT2D eigenvalue weighted by Crippen LogP contribution is 2.17. The summed E-state index contributed by atoms with van der Waals surface area (Å²) in [6.07, 6.45) is 0. The van der Waals surface area contributed by atoms with Gasteiger partial charge in [-0.3, -0.25) is 9.59 Å². The maximum atomic E-state index is 12.3. The van der Waals surface area contributed by atoms with Crippen LogP contribution in [-0.4, -0.2) is 43.2 Å². The number of benzene rings is 2. The first-order valence-electron chi connectivity index (χ1n) is 8.79. The average molecular weight is 411 g/mol. The molecule has 3 aromatic rings. The van der Waals surface area contributed by atoms with Crippen LogP contribution in [0.4, 0.5) is 11.4 Å². The molecule has 0 fully saturated rings. The summed E-state index contributed by atoms with van der Waals surface area (Å²) in [5.74, 6) is -0.108. The Morgan fingerprint density at radius 1 is 0.966 bits per heavy atom. The fourth-order valence-electron chi connectivity index (χ4n) is 2.44. The van der Waals surface area contributed by atoms with Gasteiger partial charge in [-0.2, -0.15) is 0 Å². The molecule has 0 bridgehead atoms. The van der Waals surface area contributed by atoms with Crippen LogP contribution in [0, 0.1) is 0 Å². The fraction of sp³-hybridized carbons (Fsp3) is 0.200. The Bertz CT molecular complexity index is 984. The molecule has 1 heterocycles. The van der Waals surface area contributed by atoms with E-state index in [4.69, 9.17) is 4.74 Å². The van der Waals surface area contributed by atoms with Gasteiger partial charge in [-0.05, 0) is 42.0 Å². The van der Waals surface area contributed by atoms with E-state index in [0.717, 1.165) is 22.6 Å². The summed E-state index contributed by atoms with van der Waals surface area (Å²) >= 11 is 0.940. The maximum absolute atomic E-state index is 12.3. The number of methoxy groups -OCH3 is 1. The SMILES string of the molecule is COc1ccc(NC(=O)c2nnc(C(=O)NCc3ccc(N(C)C)cc3)s2)cc1. The normalized spacial score (nSPS) is 10.3. The lowest BCUT2D eigenvalue weighted by Gasteiger charge is -2.12. The van der Waals surface area contributed by atoms with Crippen molar-refractivity contribution in [2.24, 2.45) is 0 Å². The molecule has 0 aliphatic heterocycles. The van der Waals surface area contributed by atoms with Crippen molar-refractivity contribution >= 4 is 34.5 Å². The Balaban J connectivity index is 1.56. The molecule has 0 spiro atoms. The summed E-state index contributed by atoms with van der Waals surface area (Å²) in [6, 6.07) is 14.8. The molecule has 0 unspecified atom stereocenters. The second-order valence-electron chi connectivity index (χ2n) is 6.34. The molecule has 0 radical (unpaired) electrons. The van der Waals surface area contributed by atoms with Crippen LogP contribution in [0.15, 0.2) is 48.5 Å². The van der Waals surface area contributed by atoms with Crippen molar-refractivity contribution in [2.45, 2.75) is 6.54 Å². The van der Waals surface area contributed by atoms with E-state index in [1.165, 1.54) is 0 Å². The lowest BCUT2D eigenvalue weighted by Crippen LogP contribution is -2.22. The number of ether oxygens (including phenoxy) is 1. The lowest BCUT2D eigenvalue weighted by molar-refractivity contribution is 0.0948. The molecule has 0 atom stereocenters. The molecule has 150 valence electrons. The minimum Gasteiger partial charge on any atom is -0.497 e. The number of amides is 2. The summed E-state index contributed by atoms with van der Waals surface area (Å²) < 4.78 is 5.08. The van der Waals surface area contributed by atoms with E-state index in [9.17, 15) is 9.59 Å². The molecule has 0 aliphatic rings. The fourth-order valence-corrected chi connectivity index (χ4v) is 3.09. The molecule has 0 aliphatic carbocycles. The second-order valence-corrected chi connectivity index (χ2v) is 7.32. The van der Waals surface area contributed by atoms with Gasteiger partial charge >= 0.3 is 0 Å². The van der Waals surface area contributed by atoms with Gasteiger partial charge in [0.15, 0.2) is 0 Å². The van der Waals surface area contributed by atoms with Crippen molar-refractivity contribution in [2.75, 3.05) is 31.4 Å². The first kappa shape index (κ1) is 20.3. The van der Waals surface area contributed by atoms with Crippen LogP contribution in [0.5, 0.6) is 5.75 Å². The van der Waals surface area contributed by atoms with E-state index in [-0.39, 0.29) is 15.9 Å². The molecule has 8 nitrogen and oxygen atoms in total. The van der Waals surface area contributed by atoms with Gasteiger partial charge in [-0.25, -0.2) is 0 Å². The summed E-state index contributed by atoms with van der Waals surface area (Å²) in [6.45, 7) is 0.361. The predicted molar refractivity (Wildman–Crippen MR) is 113 cm³/mol. The van der Waals surface area contributed by atoms with Crippen LogP contribution >= 0.6 is 11.3 Å². The highest BCUT2D eigenvalue weighted by Gasteiger charge is 2.17. The van der Waals surface area contributed by atoms with Gasteiger partial charge in [0, 0.05) is 32.0 Å². The Kier molecular flexibility index (Phi) is 6.40. The number of anilines is 2. The number of carbonyl (C=O) groups excluding carboxylic acids is 2. The van der Waals surface area contributed by atoms with Crippen molar-refractivity contribution in [1.82, 2.24) is 15.5 Å². The summed E-state index contributed by atoms with van der Waals surface area (Å²) in [7, 11) is 5.50. The molecule has 3 rings (SSSR count). The van der Waals surface area contributed by atoms with Crippen molar-refractivity contribution < 1.29 is 14.3 Å². The number of nitrogens with zero attached hydrogens (tertiary/aromatic N) is 3. The van der Waals surface area contributed by atoms with Gasteiger partial charge < -0.3 is 20.3 Å². The highest BCUT2D eigenvalue weighted by atomic mass is 32.1. The van der Waals surface area contributed by atoms with Gasteiger partial charge in [0.1, 0.15) is 5.75 Å². The van der Waals surface area contributed by atoms with E-state index >= 15 is 0 Å².